The molecule has 0 N–H and O–H groups in total. The number of hydrogen-bond donors (Lipinski definition) is 0. The van der Waals surface area contributed by atoms with Gasteiger partial charge in [0.05, 0.1) is 0 Å². The maximum Gasteiger partial charge on any atom is 0.402 e. The van der Waals surface area contributed by atoms with E-state index in [2.05, 4.69) is 0 Å². The van der Waals surface area contributed by atoms with Crippen molar-refractivity contribution in [1.29, 1.82) is 0 Å². The number of aryl methyl sites for hydroxylation is 1. The SMILES string of the molecule is Cc1ccc(S(=O)(=O)N(CC(F)(F)F)C2CCOCC2)s1. The first-order valence-electron chi connectivity index (χ1n) is 6.43. The zero-order valence-corrected chi connectivity index (χ0v) is 13.0. The van der Waals surface area contributed by atoms with Crippen molar-refractivity contribution in [2.45, 2.75) is 36.2 Å². The van der Waals surface area contributed by atoms with Crippen LogP contribution in [0, 0.1) is 6.92 Å². The molecule has 0 radical (unpaired) electrons. The molecule has 0 unspecified atom stereocenters. The lowest BCUT2D eigenvalue weighted by Crippen LogP contribution is -2.47. The van der Waals surface area contributed by atoms with Gasteiger partial charge in [0.25, 0.3) is 10.0 Å². The van der Waals surface area contributed by atoms with E-state index in [-0.39, 0.29) is 30.3 Å². The highest BCUT2D eigenvalue weighted by Gasteiger charge is 2.41. The first-order chi connectivity index (χ1) is 9.70. The maximum atomic E-state index is 12.8. The van der Waals surface area contributed by atoms with Crippen LogP contribution in [-0.2, 0) is 14.8 Å². The fraction of sp³-hybridized carbons (Fsp3) is 0.667. The van der Waals surface area contributed by atoms with Gasteiger partial charge in [-0.2, -0.15) is 17.5 Å². The first kappa shape index (κ1) is 16.7. The van der Waals surface area contributed by atoms with Crippen molar-refractivity contribution in [1.82, 2.24) is 4.31 Å². The number of rotatable bonds is 4. The molecule has 0 amide bonds. The second kappa shape index (κ2) is 6.23. The summed E-state index contributed by atoms with van der Waals surface area (Å²) in [6, 6.07) is 2.28. The minimum atomic E-state index is -4.57. The summed E-state index contributed by atoms with van der Waals surface area (Å²) in [7, 11) is -4.14. The molecule has 0 aliphatic carbocycles. The zero-order chi connectivity index (χ0) is 15.7. The van der Waals surface area contributed by atoms with Crippen LogP contribution < -0.4 is 0 Å². The minimum absolute atomic E-state index is 0.0456. The molecule has 1 aliphatic rings. The van der Waals surface area contributed by atoms with Gasteiger partial charge >= 0.3 is 6.18 Å². The Bertz CT molecular complexity index is 577. The standard InChI is InChI=1S/C12H16F3NO3S2/c1-9-2-3-11(20-9)21(17,18)16(8-12(13,14)15)10-4-6-19-7-5-10/h2-3,10H,4-8H2,1H3. The van der Waals surface area contributed by atoms with Crippen LogP contribution in [-0.4, -0.2) is 44.7 Å². The normalized spacial score (nSPS) is 18.3. The van der Waals surface area contributed by atoms with Crippen LogP contribution in [0.1, 0.15) is 17.7 Å². The Morgan fingerprint density at radius 3 is 2.43 bits per heavy atom. The quantitative estimate of drug-likeness (QED) is 0.845. The monoisotopic (exact) mass is 343 g/mol. The van der Waals surface area contributed by atoms with E-state index in [1.54, 1.807) is 13.0 Å². The van der Waals surface area contributed by atoms with E-state index in [1.807, 2.05) is 0 Å². The lowest BCUT2D eigenvalue weighted by molar-refractivity contribution is -0.141. The molecular formula is C12H16F3NO3S2. The van der Waals surface area contributed by atoms with E-state index in [0.29, 0.717) is 4.31 Å². The molecule has 120 valence electrons. The van der Waals surface area contributed by atoms with E-state index in [1.165, 1.54) is 6.07 Å². The predicted molar refractivity (Wildman–Crippen MR) is 72.8 cm³/mol. The fourth-order valence-electron chi connectivity index (χ4n) is 2.23. The molecule has 21 heavy (non-hydrogen) atoms. The summed E-state index contributed by atoms with van der Waals surface area (Å²) in [5.41, 5.74) is 0. The molecule has 0 bridgehead atoms. The molecular weight excluding hydrogens is 327 g/mol. The summed E-state index contributed by atoms with van der Waals surface area (Å²) in [5.74, 6) is 0. The third-order valence-corrected chi connectivity index (χ3v) is 6.58. The highest BCUT2D eigenvalue weighted by atomic mass is 32.2. The third kappa shape index (κ3) is 4.18. The molecule has 1 aromatic rings. The Hall–Kier alpha value is -0.640. The third-order valence-electron chi connectivity index (χ3n) is 3.21. The molecule has 0 saturated carbocycles. The van der Waals surface area contributed by atoms with Gasteiger partial charge in [-0.1, -0.05) is 0 Å². The topological polar surface area (TPSA) is 46.6 Å². The van der Waals surface area contributed by atoms with Crippen molar-refractivity contribution in [3.63, 3.8) is 0 Å². The Morgan fingerprint density at radius 1 is 1.33 bits per heavy atom. The van der Waals surface area contributed by atoms with Gasteiger partial charge in [-0.3, -0.25) is 0 Å². The second-order valence-electron chi connectivity index (χ2n) is 4.87. The number of halogens is 3. The first-order valence-corrected chi connectivity index (χ1v) is 8.68. The number of hydrogen-bond acceptors (Lipinski definition) is 4. The summed E-state index contributed by atoms with van der Waals surface area (Å²) in [6.07, 6.45) is -4.02. The van der Waals surface area contributed by atoms with E-state index in [0.717, 1.165) is 16.2 Å². The van der Waals surface area contributed by atoms with E-state index >= 15 is 0 Å². The summed E-state index contributed by atoms with van der Waals surface area (Å²) in [5, 5.41) is 0. The highest BCUT2D eigenvalue weighted by Crippen LogP contribution is 2.31. The molecule has 0 spiro atoms. The van der Waals surface area contributed by atoms with Crippen molar-refractivity contribution in [2.75, 3.05) is 19.8 Å². The summed E-state index contributed by atoms with van der Waals surface area (Å²) in [4.78, 5) is 0.743. The van der Waals surface area contributed by atoms with Gasteiger partial charge in [0.1, 0.15) is 10.8 Å². The molecule has 0 aromatic carbocycles. The second-order valence-corrected chi connectivity index (χ2v) is 8.28. The molecule has 1 fully saturated rings. The molecule has 2 heterocycles. The summed E-state index contributed by atoms with van der Waals surface area (Å²) < 4.78 is 69.0. The summed E-state index contributed by atoms with van der Waals surface area (Å²) >= 11 is 0.985. The van der Waals surface area contributed by atoms with Gasteiger partial charge in [-0.05, 0) is 31.9 Å². The molecule has 1 saturated heterocycles. The average Bonchev–Trinajstić information content (AvgIpc) is 2.83. The van der Waals surface area contributed by atoms with Crippen LogP contribution >= 0.6 is 11.3 Å². The Balaban J connectivity index is 2.33. The van der Waals surface area contributed by atoms with Gasteiger partial charge in [0, 0.05) is 24.1 Å². The number of nitrogens with zero attached hydrogens (tertiary/aromatic N) is 1. The van der Waals surface area contributed by atoms with Gasteiger partial charge < -0.3 is 4.74 Å². The van der Waals surface area contributed by atoms with E-state index < -0.39 is 28.8 Å². The zero-order valence-electron chi connectivity index (χ0n) is 11.4. The van der Waals surface area contributed by atoms with Crippen molar-refractivity contribution < 1.29 is 26.3 Å². The van der Waals surface area contributed by atoms with Crippen LogP contribution in [0.15, 0.2) is 16.3 Å². The largest absolute Gasteiger partial charge is 0.402 e. The number of thiophene rings is 1. The molecule has 4 nitrogen and oxygen atoms in total. The van der Waals surface area contributed by atoms with Crippen molar-refractivity contribution in [3.05, 3.63) is 17.0 Å². The van der Waals surface area contributed by atoms with Gasteiger partial charge in [0.2, 0.25) is 0 Å². The van der Waals surface area contributed by atoms with Crippen molar-refractivity contribution in [2.24, 2.45) is 0 Å². The van der Waals surface area contributed by atoms with E-state index in [4.69, 9.17) is 4.74 Å². The van der Waals surface area contributed by atoms with Crippen molar-refractivity contribution >= 4 is 21.4 Å². The van der Waals surface area contributed by atoms with Gasteiger partial charge in [-0.15, -0.1) is 11.3 Å². The number of sulfonamides is 1. The van der Waals surface area contributed by atoms with Crippen LogP contribution in [0.4, 0.5) is 13.2 Å². The number of alkyl halides is 3. The predicted octanol–water partition coefficient (Wildman–Crippen LogP) is 2.79. The fourth-order valence-corrected chi connectivity index (χ4v) is 5.31. The maximum absolute atomic E-state index is 12.8. The van der Waals surface area contributed by atoms with E-state index in [9.17, 15) is 21.6 Å². The van der Waals surface area contributed by atoms with Crippen LogP contribution in [0.2, 0.25) is 0 Å². The highest BCUT2D eigenvalue weighted by molar-refractivity contribution is 7.91. The lowest BCUT2D eigenvalue weighted by Gasteiger charge is -2.33. The van der Waals surface area contributed by atoms with Gasteiger partial charge in [0.15, 0.2) is 0 Å². The summed E-state index contributed by atoms with van der Waals surface area (Å²) in [6.45, 7) is 0.805. The Morgan fingerprint density at radius 2 is 1.95 bits per heavy atom. The Labute approximate surface area is 125 Å². The van der Waals surface area contributed by atoms with Crippen LogP contribution in [0.5, 0.6) is 0 Å². The molecule has 1 aliphatic heterocycles. The smallest absolute Gasteiger partial charge is 0.381 e. The van der Waals surface area contributed by atoms with Gasteiger partial charge in [-0.25, -0.2) is 8.42 Å². The molecule has 0 atom stereocenters. The van der Waals surface area contributed by atoms with Crippen LogP contribution in [0.25, 0.3) is 0 Å². The minimum Gasteiger partial charge on any atom is -0.381 e. The Kier molecular flexibility index (Phi) is 4.96. The average molecular weight is 343 g/mol. The molecule has 2 rings (SSSR count). The number of ether oxygens (including phenoxy) is 1. The van der Waals surface area contributed by atoms with Crippen molar-refractivity contribution in [3.8, 4) is 0 Å². The molecule has 9 heteroatoms. The molecule has 1 aromatic heterocycles. The van der Waals surface area contributed by atoms with Crippen LogP contribution in [0.3, 0.4) is 0 Å². The lowest BCUT2D eigenvalue weighted by atomic mass is 10.1.